The number of nitrogens with zero attached hydrogens (tertiary/aromatic N) is 3. The summed E-state index contributed by atoms with van der Waals surface area (Å²) in [6.07, 6.45) is 1.33. The molecule has 23 heavy (non-hydrogen) atoms. The molecule has 0 radical (unpaired) electrons. The molecule has 0 aliphatic rings. The Kier molecular flexibility index (Phi) is 4.12. The average Bonchev–Trinajstić information content (AvgIpc) is 3.11. The number of hydrogen-bond acceptors (Lipinski definition) is 7. The molecule has 0 aliphatic carbocycles. The van der Waals surface area contributed by atoms with E-state index in [1.54, 1.807) is 13.0 Å². The summed E-state index contributed by atoms with van der Waals surface area (Å²) in [6, 6.07) is 4.83. The van der Waals surface area contributed by atoms with E-state index in [1.165, 1.54) is 18.3 Å². The summed E-state index contributed by atoms with van der Waals surface area (Å²) in [5.41, 5.74) is 1.00. The Morgan fingerprint density at radius 1 is 1.26 bits per heavy atom. The van der Waals surface area contributed by atoms with Crippen LogP contribution in [-0.2, 0) is 11.3 Å². The molecule has 0 saturated heterocycles. The van der Waals surface area contributed by atoms with E-state index in [0.717, 1.165) is 11.3 Å². The molecule has 8 heteroatoms. The van der Waals surface area contributed by atoms with Crippen LogP contribution in [0, 0.1) is 13.8 Å². The third-order valence-corrected chi connectivity index (χ3v) is 3.25. The van der Waals surface area contributed by atoms with Gasteiger partial charge in [-0.1, -0.05) is 11.6 Å². The summed E-state index contributed by atoms with van der Waals surface area (Å²) in [5.74, 6) is 1.39. The Morgan fingerprint density at radius 2 is 2.09 bits per heavy atom. The fourth-order valence-corrected chi connectivity index (χ4v) is 2.08. The number of aromatic nitrogens is 3. The van der Waals surface area contributed by atoms with Crippen molar-refractivity contribution in [2.24, 2.45) is 0 Å². The minimum absolute atomic E-state index is 0.135. The van der Waals surface area contributed by atoms with Crippen molar-refractivity contribution >= 4 is 17.6 Å². The smallest absolute Gasteiger partial charge is 0.340 e. The van der Waals surface area contributed by atoms with Crippen LogP contribution >= 0.6 is 11.6 Å². The minimum Gasteiger partial charge on any atom is -0.466 e. The molecule has 0 aliphatic heterocycles. The van der Waals surface area contributed by atoms with Crippen LogP contribution in [-0.4, -0.2) is 21.2 Å². The van der Waals surface area contributed by atoms with Gasteiger partial charge in [0.1, 0.15) is 16.7 Å². The summed E-state index contributed by atoms with van der Waals surface area (Å²) >= 11 is 5.66. The zero-order valence-electron chi connectivity index (χ0n) is 12.4. The SMILES string of the molecule is Cc1cc(-c2nnc(COC(=O)c3ccc(Cl)nc3)o2)c(C)o1. The molecule has 3 rings (SSSR count). The monoisotopic (exact) mass is 333 g/mol. The number of carbonyl (C=O) groups excluding carboxylic acids is 1. The third kappa shape index (κ3) is 3.40. The number of rotatable bonds is 4. The Bertz CT molecular complexity index is 839. The molecule has 0 N–H and O–H groups in total. The quantitative estimate of drug-likeness (QED) is 0.534. The fraction of sp³-hybridized carbons (Fsp3) is 0.200. The van der Waals surface area contributed by atoms with Crippen molar-refractivity contribution < 1.29 is 18.4 Å². The predicted octanol–water partition coefficient (Wildman–Crippen LogP) is 3.35. The maximum atomic E-state index is 11.9. The summed E-state index contributed by atoms with van der Waals surface area (Å²) in [5, 5.41) is 8.08. The highest BCUT2D eigenvalue weighted by atomic mass is 35.5. The van der Waals surface area contributed by atoms with Gasteiger partial charge in [-0.25, -0.2) is 9.78 Å². The molecule has 7 nitrogen and oxygen atoms in total. The van der Waals surface area contributed by atoms with Crippen LogP contribution < -0.4 is 0 Å². The first-order valence-corrected chi connectivity index (χ1v) is 7.09. The van der Waals surface area contributed by atoms with Gasteiger partial charge in [0.2, 0.25) is 0 Å². The second-order valence-corrected chi connectivity index (χ2v) is 5.16. The lowest BCUT2D eigenvalue weighted by Crippen LogP contribution is -2.05. The molecule has 0 saturated carbocycles. The molecule has 0 aromatic carbocycles. The lowest BCUT2D eigenvalue weighted by atomic mass is 10.2. The number of esters is 1. The first-order valence-electron chi connectivity index (χ1n) is 6.71. The molecule has 3 aromatic rings. The number of halogens is 1. The molecule has 0 unspecified atom stereocenters. The van der Waals surface area contributed by atoms with E-state index in [-0.39, 0.29) is 18.1 Å². The summed E-state index contributed by atoms with van der Waals surface area (Å²) in [4.78, 5) is 15.7. The lowest BCUT2D eigenvalue weighted by Gasteiger charge is -2.01. The van der Waals surface area contributed by atoms with E-state index >= 15 is 0 Å². The second kappa shape index (κ2) is 6.21. The van der Waals surface area contributed by atoms with E-state index in [1.807, 2.05) is 6.92 Å². The normalized spacial score (nSPS) is 10.7. The minimum atomic E-state index is -0.552. The van der Waals surface area contributed by atoms with Crippen molar-refractivity contribution in [2.45, 2.75) is 20.5 Å². The third-order valence-electron chi connectivity index (χ3n) is 3.03. The standard InChI is InChI=1S/C15H12ClN3O4/c1-8-5-11(9(2)22-8)14-19-18-13(23-14)7-21-15(20)10-3-4-12(16)17-6-10/h3-6H,7H2,1-2H3. The van der Waals surface area contributed by atoms with Crippen molar-refractivity contribution in [1.29, 1.82) is 0 Å². The lowest BCUT2D eigenvalue weighted by molar-refractivity contribution is 0.0438. The Morgan fingerprint density at radius 3 is 2.74 bits per heavy atom. The highest BCUT2D eigenvalue weighted by Crippen LogP contribution is 2.25. The van der Waals surface area contributed by atoms with Gasteiger partial charge >= 0.3 is 5.97 Å². The number of furan rings is 1. The maximum Gasteiger partial charge on any atom is 0.340 e. The highest BCUT2D eigenvalue weighted by Gasteiger charge is 2.16. The molecule has 0 spiro atoms. The molecule has 3 aromatic heterocycles. The summed E-state index contributed by atoms with van der Waals surface area (Å²) < 4.78 is 16.0. The van der Waals surface area contributed by atoms with Gasteiger partial charge in [0.25, 0.3) is 11.8 Å². The predicted molar refractivity (Wildman–Crippen MR) is 79.8 cm³/mol. The van der Waals surface area contributed by atoms with Crippen molar-refractivity contribution in [2.75, 3.05) is 0 Å². The van der Waals surface area contributed by atoms with Crippen molar-refractivity contribution in [3.63, 3.8) is 0 Å². The van der Waals surface area contributed by atoms with Crippen molar-refractivity contribution in [3.05, 3.63) is 52.5 Å². The van der Waals surface area contributed by atoms with E-state index < -0.39 is 5.97 Å². The molecular formula is C15H12ClN3O4. The van der Waals surface area contributed by atoms with Crippen LogP contribution in [0.3, 0.4) is 0 Å². The average molecular weight is 334 g/mol. The first-order chi connectivity index (χ1) is 11.0. The van der Waals surface area contributed by atoms with Crippen LogP contribution in [0.1, 0.15) is 27.8 Å². The van der Waals surface area contributed by atoms with Gasteiger partial charge in [-0.05, 0) is 32.0 Å². The summed E-state index contributed by atoms with van der Waals surface area (Å²) in [6.45, 7) is 3.50. The van der Waals surface area contributed by atoms with Crippen LogP contribution in [0.5, 0.6) is 0 Å². The van der Waals surface area contributed by atoms with Crippen LogP contribution in [0.2, 0.25) is 5.15 Å². The summed E-state index contributed by atoms with van der Waals surface area (Å²) in [7, 11) is 0. The molecule has 118 valence electrons. The van der Waals surface area contributed by atoms with Gasteiger partial charge in [-0.15, -0.1) is 10.2 Å². The molecule has 0 fully saturated rings. The number of carbonyl (C=O) groups is 1. The van der Waals surface area contributed by atoms with E-state index in [9.17, 15) is 4.79 Å². The second-order valence-electron chi connectivity index (χ2n) is 4.77. The number of aryl methyl sites for hydroxylation is 2. The van der Waals surface area contributed by atoms with Crippen LogP contribution in [0.25, 0.3) is 11.5 Å². The van der Waals surface area contributed by atoms with Gasteiger partial charge < -0.3 is 13.6 Å². The number of hydrogen-bond donors (Lipinski definition) is 0. The van der Waals surface area contributed by atoms with Crippen molar-refractivity contribution in [1.82, 2.24) is 15.2 Å². The molecule has 0 amide bonds. The van der Waals surface area contributed by atoms with E-state index in [2.05, 4.69) is 15.2 Å². The largest absolute Gasteiger partial charge is 0.466 e. The zero-order valence-corrected chi connectivity index (χ0v) is 13.1. The van der Waals surface area contributed by atoms with Gasteiger partial charge in [-0.3, -0.25) is 0 Å². The number of pyridine rings is 1. The van der Waals surface area contributed by atoms with Gasteiger partial charge in [0.05, 0.1) is 11.1 Å². The molecular weight excluding hydrogens is 322 g/mol. The molecule has 0 atom stereocenters. The highest BCUT2D eigenvalue weighted by molar-refractivity contribution is 6.29. The zero-order chi connectivity index (χ0) is 16.4. The van der Waals surface area contributed by atoms with E-state index in [0.29, 0.717) is 16.8 Å². The topological polar surface area (TPSA) is 91.2 Å². The Balaban J connectivity index is 1.66. The molecule has 3 heterocycles. The number of ether oxygens (including phenoxy) is 1. The first kappa shape index (κ1) is 15.2. The fourth-order valence-electron chi connectivity index (χ4n) is 1.97. The van der Waals surface area contributed by atoms with E-state index in [4.69, 9.17) is 25.2 Å². The van der Waals surface area contributed by atoms with Crippen LogP contribution in [0.4, 0.5) is 0 Å². The van der Waals surface area contributed by atoms with Gasteiger partial charge in [0.15, 0.2) is 6.61 Å². The molecule has 0 bridgehead atoms. The van der Waals surface area contributed by atoms with Gasteiger partial charge in [0, 0.05) is 6.20 Å². The Hall–Kier alpha value is -2.67. The van der Waals surface area contributed by atoms with Crippen LogP contribution in [0.15, 0.2) is 33.2 Å². The Labute approximate surface area is 136 Å². The van der Waals surface area contributed by atoms with Gasteiger partial charge in [-0.2, -0.15) is 0 Å². The maximum absolute atomic E-state index is 11.9. The van der Waals surface area contributed by atoms with Crippen molar-refractivity contribution in [3.8, 4) is 11.5 Å².